The minimum atomic E-state index is 0.688. The Bertz CT molecular complexity index is 347. The molecule has 2 nitrogen and oxygen atoms in total. The first-order chi connectivity index (χ1) is 7.22. The van der Waals surface area contributed by atoms with Crippen LogP contribution in [0.25, 0.3) is 0 Å². The largest absolute Gasteiger partial charge is 0.371 e. The van der Waals surface area contributed by atoms with Gasteiger partial charge >= 0.3 is 0 Å². The van der Waals surface area contributed by atoms with E-state index in [9.17, 15) is 0 Å². The van der Waals surface area contributed by atoms with Crippen LogP contribution in [0.5, 0.6) is 0 Å². The maximum Gasteiger partial charge on any atom is 0.0426 e. The van der Waals surface area contributed by atoms with E-state index in [1.54, 1.807) is 0 Å². The van der Waals surface area contributed by atoms with E-state index in [4.69, 9.17) is 17.3 Å². The lowest BCUT2D eigenvalue weighted by molar-refractivity contribution is 0.888. The van der Waals surface area contributed by atoms with Crippen LogP contribution in [0.4, 0.5) is 5.69 Å². The van der Waals surface area contributed by atoms with E-state index in [0.717, 1.165) is 11.4 Å². The van der Waals surface area contributed by atoms with Crippen molar-refractivity contribution in [3.05, 3.63) is 28.8 Å². The van der Waals surface area contributed by atoms with E-state index in [-0.39, 0.29) is 0 Å². The molecule has 0 aliphatic heterocycles. The van der Waals surface area contributed by atoms with E-state index in [1.165, 1.54) is 24.1 Å². The van der Waals surface area contributed by atoms with Gasteiger partial charge in [0.25, 0.3) is 0 Å². The maximum atomic E-state index is 6.03. The van der Waals surface area contributed by atoms with Crippen LogP contribution >= 0.6 is 11.6 Å². The molecule has 0 radical (unpaired) electrons. The summed E-state index contributed by atoms with van der Waals surface area (Å²) in [6.45, 7) is 0.688. The zero-order valence-corrected chi connectivity index (χ0v) is 9.80. The van der Waals surface area contributed by atoms with Gasteiger partial charge in [0.15, 0.2) is 0 Å². The number of hydrogen-bond donors (Lipinski definition) is 1. The second-order valence-electron chi connectivity index (χ2n) is 4.15. The van der Waals surface area contributed by atoms with E-state index in [0.29, 0.717) is 12.6 Å². The minimum absolute atomic E-state index is 0.688. The van der Waals surface area contributed by atoms with Crippen molar-refractivity contribution in [1.29, 1.82) is 0 Å². The summed E-state index contributed by atoms with van der Waals surface area (Å²) in [5, 5.41) is 0.804. The van der Waals surface area contributed by atoms with Crippen LogP contribution < -0.4 is 10.6 Å². The molecule has 0 bridgehead atoms. The summed E-state index contributed by atoms with van der Waals surface area (Å²) >= 11 is 6.03. The number of halogens is 1. The summed E-state index contributed by atoms with van der Waals surface area (Å²) in [5.74, 6) is 0. The summed E-state index contributed by atoms with van der Waals surface area (Å²) < 4.78 is 0. The van der Waals surface area contributed by atoms with Gasteiger partial charge in [-0.1, -0.05) is 17.7 Å². The molecule has 1 aromatic carbocycles. The molecule has 82 valence electrons. The number of nitrogens with two attached hydrogens (primary N) is 1. The van der Waals surface area contributed by atoms with Crippen LogP contribution in [0.15, 0.2) is 18.2 Å². The number of hydrogen-bond acceptors (Lipinski definition) is 2. The van der Waals surface area contributed by atoms with Crippen LogP contribution in [-0.2, 0) is 6.42 Å². The average molecular weight is 225 g/mol. The fourth-order valence-electron chi connectivity index (χ4n) is 1.89. The lowest BCUT2D eigenvalue weighted by Crippen LogP contribution is -2.21. The van der Waals surface area contributed by atoms with E-state index < -0.39 is 0 Å². The van der Waals surface area contributed by atoms with E-state index in [2.05, 4.69) is 18.0 Å². The molecule has 1 aromatic rings. The molecule has 0 aromatic heterocycles. The molecular formula is C12H17ClN2. The lowest BCUT2D eigenvalue weighted by Gasteiger charge is -2.22. The van der Waals surface area contributed by atoms with Gasteiger partial charge in [-0.3, -0.25) is 0 Å². The highest BCUT2D eigenvalue weighted by Crippen LogP contribution is 2.33. The standard InChI is InChI=1S/C12H17ClN2/c1-15(11-4-5-11)12-8-10(13)3-2-9(12)6-7-14/h2-3,8,11H,4-7,14H2,1H3. The van der Waals surface area contributed by atoms with Gasteiger partial charge in [-0.2, -0.15) is 0 Å². The predicted octanol–water partition coefficient (Wildman–Crippen LogP) is 2.44. The van der Waals surface area contributed by atoms with Crippen LogP contribution in [0, 0.1) is 0 Å². The van der Waals surface area contributed by atoms with Crippen molar-refractivity contribution in [2.24, 2.45) is 5.73 Å². The van der Waals surface area contributed by atoms with Crippen LogP contribution in [0.1, 0.15) is 18.4 Å². The fraction of sp³-hybridized carbons (Fsp3) is 0.500. The van der Waals surface area contributed by atoms with Gasteiger partial charge in [-0.25, -0.2) is 0 Å². The van der Waals surface area contributed by atoms with Crippen molar-refractivity contribution in [3.8, 4) is 0 Å². The lowest BCUT2D eigenvalue weighted by atomic mass is 10.1. The first-order valence-electron chi connectivity index (χ1n) is 5.43. The second-order valence-corrected chi connectivity index (χ2v) is 4.59. The van der Waals surface area contributed by atoms with Gasteiger partial charge in [0, 0.05) is 23.8 Å². The fourth-order valence-corrected chi connectivity index (χ4v) is 2.06. The molecule has 2 rings (SSSR count). The second kappa shape index (κ2) is 4.42. The summed E-state index contributed by atoms with van der Waals surface area (Å²) in [6, 6.07) is 6.78. The molecular weight excluding hydrogens is 208 g/mol. The van der Waals surface area contributed by atoms with Crippen molar-refractivity contribution in [1.82, 2.24) is 0 Å². The number of anilines is 1. The molecule has 0 amide bonds. The summed E-state index contributed by atoms with van der Waals surface area (Å²) in [6.07, 6.45) is 3.51. The van der Waals surface area contributed by atoms with Gasteiger partial charge in [0.05, 0.1) is 0 Å². The van der Waals surface area contributed by atoms with Gasteiger partial charge in [0.2, 0.25) is 0 Å². The monoisotopic (exact) mass is 224 g/mol. The quantitative estimate of drug-likeness (QED) is 0.852. The molecule has 0 unspecified atom stereocenters. The molecule has 0 atom stereocenters. The van der Waals surface area contributed by atoms with E-state index in [1.807, 2.05) is 12.1 Å². The molecule has 15 heavy (non-hydrogen) atoms. The van der Waals surface area contributed by atoms with Crippen LogP contribution in [0.2, 0.25) is 5.02 Å². The summed E-state index contributed by atoms with van der Waals surface area (Å²) in [4.78, 5) is 2.33. The average Bonchev–Trinajstić information content (AvgIpc) is 3.03. The molecule has 2 N–H and O–H groups in total. The van der Waals surface area contributed by atoms with Gasteiger partial charge in [0.1, 0.15) is 0 Å². The Morgan fingerprint density at radius 2 is 2.20 bits per heavy atom. The molecule has 0 saturated heterocycles. The third kappa shape index (κ3) is 2.44. The normalized spacial score (nSPS) is 15.4. The first kappa shape index (κ1) is 10.8. The third-order valence-corrected chi connectivity index (χ3v) is 3.17. The molecule has 0 spiro atoms. The van der Waals surface area contributed by atoms with Crippen LogP contribution in [0.3, 0.4) is 0 Å². The first-order valence-corrected chi connectivity index (χ1v) is 5.81. The van der Waals surface area contributed by atoms with Crippen molar-refractivity contribution < 1.29 is 0 Å². The zero-order valence-electron chi connectivity index (χ0n) is 9.04. The van der Waals surface area contributed by atoms with Gasteiger partial charge in [-0.05, 0) is 43.5 Å². The molecule has 1 saturated carbocycles. The number of rotatable bonds is 4. The highest BCUT2D eigenvalue weighted by Gasteiger charge is 2.27. The van der Waals surface area contributed by atoms with Gasteiger partial charge in [-0.15, -0.1) is 0 Å². The van der Waals surface area contributed by atoms with Crippen molar-refractivity contribution in [2.75, 3.05) is 18.5 Å². The Hall–Kier alpha value is -0.730. The van der Waals surface area contributed by atoms with Crippen LogP contribution in [-0.4, -0.2) is 19.6 Å². The van der Waals surface area contributed by atoms with Gasteiger partial charge < -0.3 is 10.6 Å². The zero-order chi connectivity index (χ0) is 10.8. The minimum Gasteiger partial charge on any atom is -0.371 e. The Kier molecular flexibility index (Phi) is 3.17. The predicted molar refractivity (Wildman–Crippen MR) is 65.6 cm³/mol. The summed E-state index contributed by atoms with van der Waals surface area (Å²) in [7, 11) is 2.14. The maximum absolute atomic E-state index is 6.03. The molecule has 3 heteroatoms. The molecule has 0 heterocycles. The summed E-state index contributed by atoms with van der Waals surface area (Å²) in [5.41, 5.74) is 8.16. The Balaban J connectivity index is 2.28. The molecule has 1 fully saturated rings. The smallest absolute Gasteiger partial charge is 0.0426 e. The molecule has 1 aliphatic carbocycles. The number of nitrogens with zero attached hydrogens (tertiary/aromatic N) is 1. The number of benzene rings is 1. The highest BCUT2D eigenvalue weighted by atomic mass is 35.5. The van der Waals surface area contributed by atoms with Crippen molar-refractivity contribution in [2.45, 2.75) is 25.3 Å². The topological polar surface area (TPSA) is 29.3 Å². The van der Waals surface area contributed by atoms with Crippen molar-refractivity contribution in [3.63, 3.8) is 0 Å². The SMILES string of the molecule is CN(c1cc(Cl)ccc1CCN)C1CC1. The Morgan fingerprint density at radius 3 is 2.80 bits per heavy atom. The Morgan fingerprint density at radius 1 is 1.47 bits per heavy atom. The van der Waals surface area contributed by atoms with E-state index >= 15 is 0 Å². The third-order valence-electron chi connectivity index (χ3n) is 2.94. The highest BCUT2D eigenvalue weighted by molar-refractivity contribution is 6.30. The van der Waals surface area contributed by atoms with Crippen molar-refractivity contribution >= 4 is 17.3 Å². The Labute approximate surface area is 96.0 Å². The molecule has 1 aliphatic rings.